The van der Waals surface area contributed by atoms with E-state index >= 15 is 0 Å². The Morgan fingerprint density at radius 3 is 2.39 bits per heavy atom. The molecule has 0 spiro atoms. The van der Waals surface area contributed by atoms with Gasteiger partial charge in [0.15, 0.2) is 0 Å². The van der Waals surface area contributed by atoms with Crippen molar-refractivity contribution in [2.24, 2.45) is 0 Å². The highest BCUT2D eigenvalue weighted by Gasteiger charge is 2.45. The van der Waals surface area contributed by atoms with Crippen LogP contribution in [0.4, 0.5) is 5.69 Å². The lowest BCUT2D eigenvalue weighted by molar-refractivity contribution is -0.170. The molecule has 4 rings (SSSR count). The third-order valence-corrected chi connectivity index (χ3v) is 5.89. The predicted octanol–water partition coefficient (Wildman–Crippen LogP) is 6.05. The monoisotopic (exact) mass is 417 g/mol. The van der Waals surface area contributed by atoms with Crippen LogP contribution in [0.1, 0.15) is 42.2 Å². The molecule has 3 aromatic carbocycles. The number of ether oxygens (including phenoxy) is 3. The molecular formula is C27H31NO3. The van der Waals surface area contributed by atoms with Crippen LogP contribution in [0.15, 0.2) is 72.8 Å². The zero-order valence-corrected chi connectivity index (χ0v) is 18.7. The summed E-state index contributed by atoms with van der Waals surface area (Å²) in [4.78, 5) is 0. The van der Waals surface area contributed by atoms with Crippen LogP contribution in [0.5, 0.6) is 5.75 Å². The molecule has 1 aliphatic rings. The third-order valence-electron chi connectivity index (χ3n) is 5.89. The summed E-state index contributed by atoms with van der Waals surface area (Å²) in [6.45, 7) is 7.27. The van der Waals surface area contributed by atoms with Crippen molar-refractivity contribution in [3.8, 4) is 5.75 Å². The molecule has 0 aromatic heterocycles. The molecular weight excluding hydrogens is 386 g/mol. The van der Waals surface area contributed by atoms with Gasteiger partial charge in [-0.2, -0.15) is 0 Å². The Morgan fingerprint density at radius 2 is 1.65 bits per heavy atom. The van der Waals surface area contributed by atoms with Crippen molar-refractivity contribution in [3.05, 3.63) is 95.1 Å². The minimum atomic E-state index is -0.543. The van der Waals surface area contributed by atoms with Crippen molar-refractivity contribution in [1.82, 2.24) is 0 Å². The number of anilines is 1. The normalized spacial score (nSPS) is 19.4. The number of nitrogens with one attached hydrogen (secondary N) is 1. The van der Waals surface area contributed by atoms with E-state index in [1.807, 2.05) is 49.5 Å². The van der Waals surface area contributed by atoms with Crippen molar-refractivity contribution in [2.45, 2.75) is 51.8 Å². The van der Waals surface area contributed by atoms with Crippen LogP contribution in [0.25, 0.3) is 0 Å². The van der Waals surface area contributed by atoms with Gasteiger partial charge in [0.05, 0.1) is 13.2 Å². The molecule has 0 radical (unpaired) electrons. The van der Waals surface area contributed by atoms with Crippen LogP contribution in [-0.4, -0.2) is 18.8 Å². The first-order chi connectivity index (χ1) is 15.0. The van der Waals surface area contributed by atoms with Crippen LogP contribution in [-0.2, 0) is 22.7 Å². The van der Waals surface area contributed by atoms with Gasteiger partial charge in [0.1, 0.15) is 23.6 Å². The van der Waals surface area contributed by atoms with Crippen LogP contribution in [0, 0.1) is 6.92 Å². The van der Waals surface area contributed by atoms with Crippen molar-refractivity contribution in [2.75, 3.05) is 12.4 Å². The molecule has 0 saturated heterocycles. The maximum Gasteiger partial charge on any atom is 0.132 e. The number of rotatable bonds is 7. The Balaban J connectivity index is 1.65. The molecule has 0 bridgehead atoms. The summed E-state index contributed by atoms with van der Waals surface area (Å²) >= 11 is 0. The van der Waals surface area contributed by atoms with E-state index < -0.39 is 5.60 Å². The summed E-state index contributed by atoms with van der Waals surface area (Å²) in [5, 5.41) is 3.22. The number of hydrogen-bond acceptors (Lipinski definition) is 4. The summed E-state index contributed by atoms with van der Waals surface area (Å²) in [5.41, 5.74) is 5.02. The summed E-state index contributed by atoms with van der Waals surface area (Å²) in [7, 11) is 1.92. The molecule has 0 amide bonds. The molecule has 2 atom stereocenters. The van der Waals surface area contributed by atoms with Gasteiger partial charge < -0.3 is 19.5 Å². The Kier molecular flexibility index (Phi) is 6.30. The first-order valence-corrected chi connectivity index (χ1v) is 10.8. The zero-order valence-electron chi connectivity index (χ0n) is 18.7. The number of aryl methyl sites for hydroxylation is 1. The molecule has 1 aliphatic heterocycles. The fraction of sp³-hybridized carbons (Fsp3) is 0.333. The number of fused-ring (bicyclic) bond motifs is 1. The zero-order chi connectivity index (χ0) is 21.8. The van der Waals surface area contributed by atoms with Gasteiger partial charge in [0.25, 0.3) is 0 Å². The fourth-order valence-corrected chi connectivity index (χ4v) is 4.07. The van der Waals surface area contributed by atoms with E-state index in [0.717, 1.165) is 22.6 Å². The van der Waals surface area contributed by atoms with Crippen molar-refractivity contribution in [3.63, 3.8) is 0 Å². The topological polar surface area (TPSA) is 39.7 Å². The average Bonchev–Trinajstić information content (AvgIpc) is 2.77. The van der Waals surface area contributed by atoms with Crippen LogP contribution < -0.4 is 10.1 Å². The highest BCUT2D eigenvalue weighted by atomic mass is 16.6. The van der Waals surface area contributed by atoms with E-state index in [9.17, 15) is 0 Å². The molecule has 0 aliphatic carbocycles. The maximum absolute atomic E-state index is 6.53. The summed E-state index contributed by atoms with van der Waals surface area (Å²) in [6, 6.07) is 24.7. The number of hydrogen-bond donors (Lipinski definition) is 1. The van der Waals surface area contributed by atoms with Crippen LogP contribution in [0.2, 0.25) is 0 Å². The minimum absolute atomic E-state index is 0.253. The van der Waals surface area contributed by atoms with Crippen molar-refractivity contribution < 1.29 is 14.2 Å². The first-order valence-electron chi connectivity index (χ1n) is 10.8. The number of benzene rings is 3. The summed E-state index contributed by atoms with van der Waals surface area (Å²) in [6.07, 6.45) is -0.522. The first kappa shape index (κ1) is 21.4. The highest BCUT2D eigenvalue weighted by Crippen LogP contribution is 2.45. The van der Waals surface area contributed by atoms with Gasteiger partial charge in [-0.15, -0.1) is 0 Å². The molecule has 0 saturated carbocycles. The van der Waals surface area contributed by atoms with Gasteiger partial charge in [-0.25, -0.2) is 0 Å². The maximum atomic E-state index is 6.53. The molecule has 31 heavy (non-hydrogen) atoms. The van der Waals surface area contributed by atoms with E-state index in [1.54, 1.807) is 0 Å². The van der Waals surface area contributed by atoms with E-state index in [4.69, 9.17) is 14.2 Å². The van der Waals surface area contributed by atoms with Crippen molar-refractivity contribution in [1.29, 1.82) is 0 Å². The minimum Gasteiger partial charge on any atom is -0.485 e. The smallest absolute Gasteiger partial charge is 0.132 e. The third kappa shape index (κ3) is 4.76. The Bertz CT molecular complexity index is 1020. The SMILES string of the molecule is CNc1ccc2c(c1)C(OCc1ccccc1)C(OCc1ccccc1C)C(C)(C)O2. The Morgan fingerprint density at radius 1 is 0.903 bits per heavy atom. The predicted molar refractivity (Wildman–Crippen MR) is 124 cm³/mol. The Labute approximate surface area is 185 Å². The molecule has 4 nitrogen and oxygen atoms in total. The van der Waals surface area contributed by atoms with E-state index in [1.165, 1.54) is 11.1 Å². The average molecular weight is 418 g/mol. The molecule has 2 unspecified atom stereocenters. The second-order valence-electron chi connectivity index (χ2n) is 8.58. The Hall–Kier alpha value is -2.82. The highest BCUT2D eigenvalue weighted by molar-refractivity contribution is 5.53. The van der Waals surface area contributed by atoms with Crippen LogP contribution >= 0.6 is 0 Å². The lowest BCUT2D eigenvalue weighted by Gasteiger charge is -2.44. The molecule has 4 heteroatoms. The molecule has 1 N–H and O–H groups in total. The summed E-state index contributed by atoms with van der Waals surface area (Å²) < 4.78 is 19.5. The summed E-state index contributed by atoms with van der Waals surface area (Å²) in [5.74, 6) is 0.845. The van der Waals surface area contributed by atoms with Gasteiger partial charge >= 0.3 is 0 Å². The van der Waals surface area contributed by atoms with Gasteiger partial charge in [-0.05, 0) is 55.7 Å². The lowest BCUT2D eigenvalue weighted by atomic mass is 9.87. The van der Waals surface area contributed by atoms with Crippen molar-refractivity contribution >= 4 is 5.69 Å². The molecule has 0 fully saturated rings. The lowest BCUT2D eigenvalue weighted by Crippen LogP contribution is -2.51. The van der Waals surface area contributed by atoms with Gasteiger partial charge in [-0.1, -0.05) is 54.6 Å². The van der Waals surface area contributed by atoms with E-state index in [2.05, 4.69) is 56.4 Å². The second-order valence-corrected chi connectivity index (χ2v) is 8.58. The fourth-order valence-electron chi connectivity index (χ4n) is 4.07. The molecule has 3 aromatic rings. The van der Waals surface area contributed by atoms with Crippen LogP contribution in [0.3, 0.4) is 0 Å². The second kappa shape index (κ2) is 9.13. The van der Waals surface area contributed by atoms with Gasteiger partial charge in [0, 0.05) is 18.3 Å². The van der Waals surface area contributed by atoms with E-state index in [0.29, 0.717) is 13.2 Å². The van der Waals surface area contributed by atoms with E-state index in [-0.39, 0.29) is 12.2 Å². The quantitative estimate of drug-likeness (QED) is 0.508. The molecule has 1 heterocycles. The largest absolute Gasteiger partial charge is 0.485 e. The van der Waals surface area contributed by atoms with Gasteiger partial charge in [0.2, 0.25) is 0 Å². The molecule has 162 valence electrons. The standard InChI is InChI=1S/C27H31NO3/c1-19-10-8-9-13-21(19)18-30-26-25(29-17-20-11-6-5-7-12-20)23-16-22(28-4)14-15-24(23)31-27(26,2)3/h5-16,25-26,28H,17-18H2,1-4H3. The van der Waals surface area contributed by atoms with Gasteiger partial charge in [-0.3, -0.25) is 0 Å².